The first-order chi connectivity index (χ1) is 34.3. The fourth-order valence-electron chi connectivity index (χ4n) is 16.8. The van der Waals surface area contributed by atoms with Gasteiger partial charge >= 0.3 is 0 Å². The molecule has 6 nitrogen and oxygen atoms in total. The van der Waals surface area contributed by atoms with Crippen molar-refractivity contribution in [2.24, 2.45) is 0 Å². The van der Waals surface area contributed by atoms with Crippen LogP contribution in [0.1, 0.15) is 67.2 Å². The lowest BCUT2D eigenvalue weighted by Crippen LogP contribution is -2.48. The molecule has 3 radical (unpaired) electrons. The number of fused-ring (bicyclic) bond motifs is 24. The first-order valence-corrected chi connectivity index (χ1v) is 25.0. The summed E-state index contributed by atoms with van der Waals surface area (Å²) in [5, 5.41) is 0. The second-order valence-corrected chi connectivity index (χ2v) is 20.9. The molecule has 6 aliphatic carbocycles. The summed E-state index contributed by atoms with van der Waals surface area (Å²) in [6.07, 6.45) is 28.5. The van der Waals surface area contributed by atoms with Gasteiger partial charge in [0.2, 0.25) is 17.1 Å². The van der Waals surface area contributed by atoms with Crippen LogP contribution in [0.3, 0.4) is 0 Å². The molecular formula is C63H42N6+3. The predicted molar refractivity (Wildman–Crippen MR) is 264 cm³/mol. The van der Waals surface area contributed by atoms with E-state index < -0.39 is 16.2 Å². The van der Waals surface area contributed by atoms with Crippen LogP contribution in [-0.2, 0) is 35.9 Å². The number of pyridine rings is 3. The zero-order valence-electron chi connectivity index (χ0n) is 37.7. The summed E-state index contributed by atoms with van der Waals surface area (Å²) in [6.45, 7) is 5.68. The van der Waals surface area contributed by atoms with Crippen molar-refractivity contribution in [3.63, 3.8) is 0 Å². The van der Waals surface area contributed by atoms with E-state index in [0.717, 1.165) is 39.3 Å². The van der Waals surface area contributed by atoms with Crippen molar-refractivity contribution in [3.05, 3.63) is 268 Å². The van der Waals surface area contributed by atoms with Crippen LogP contribution in [-0.4, -0.2) is 34.3 Å². The number of nitrogens with zero attached hydrogens (tertiary/aromatic N) is 6. The molecule has 3 spiro atoms. The third-order valence-corrected chi connectivity index (χ3v) is 18.7. The number of rotatable bonds is 0. The molecule has 4 aromatic carbocycles. The number of aromatic nitrogens is 3. The Labute approximate surface area is 400 Å². The summed E-state index contributed by atoms with van der Waals surface area (Å²) < 4.78 is 7.70. The molecular weight excluding hydrogens is 841 g/mol. The Kier molecular flexibility index (Phi) is 5.82. The lowest BCUT2D eigenvalue weighted by atomic mass is 9.62. The predicted octanol–water partition coefficient (Wildman–Crippen LogP) is 8.81. The lowest BCUT2D eigenvalue weighted by molar-refractivity contribution is -0.702. The number of benzene rings is 4. The van der Waals surface area contributed by atoms with Crippen LogP contribution in [0.15, 0.2) is 181 Å². The summed E-state index contributed by atoms with van der Waals surface area (Å²) in [4.78, 5) is 7.70. The Balaban J connectivity index is 1.11. The first-order valence-electron chi connectivity index (χ1n) is 25.0. The third kappa shape index (κ3) is 3.42. The Morgan fingerprint density at radius 3 is 0.986 bits per heavy atom. The maximum atomic E-state index is 2.57. The van der Waals surface area contributed by atoms with Crippen molar-refractivity contribution in [1.29, 1.82) is 0 Å². The molecule has 0 bridgehead atoms. The summed E-state index contributed by atoms with van der Waals surface area (Å²) in [5.41, 5.74) is 31.7. The van der Waals surface area contributed by atoms with E-state index in [9.17, 15) is 0 Å². The minimum absolute atomic E-state index is 0.600. The number of allylic oxidation sites excluding steroid dienone is 6. The van der Waals surface area contributed by atoms with Gasteiger partial charge in [-0.2, -0.15) is 13.7 Å². The van der Waals surface area contributed by atoms with E-state index in [0.29, 0.717) is 0 Å². The second kappa shape index (κ2) is 11.4. The minimum Gasteiger partial charge on any atom is -0.337 e. The van der Waals surface area contributed by atoms with Gasteiger partial charge in [0, 0.05) is 72.8 Å². The monoisotopic (exact) mass is 882 g/mol. The van der Waals surface area contributed by atoms with Gasteiger partial charge in [-0.1, -0.05) is 91.0 Å². The molecule has 0 fully saturated rings. The van der Waals surface area contributed by atoms with Crippen molar-refractivity contribution in [1.82, 2.24) is 14.7 Å². The quantitative estimate of drug-likeness (QED) is 0.142. The maximum absolute atomic E-state index is 2.57. The Hall–Kier alpha value is -7.83. The largest absolute Gasteiger partial charge is 0.337 e. The molecule has 12 aliphatic rings. The normalized spacial score (nSPS) is 25.5. The van der Waals surface area contributed by atoms with E-state index in [-0.39, 0.29) is 0 Å². The molecule has 321 valence electrons. The van der Waals surface area contributed by atoms with Crippen molar-refractivity contribution >= 4 is 17.1 Å². The maximum Gasteiger partial charge on any atom is 0.234 e. The highest BCUT2D eigenvalue weighted by Gasteiger charge is 2.69. The lowest BCUT2D eigenvalue weighted by Gasteiger charge is -2.39. The topological polar surface area (TPSA) is 21.4 Å². The zero-order chi connectivity index (χ0) is 44.3. The molecule has 69 heavy (non-hydrogen) atoms. The fourth-order valence-corrected chi connectivity index (χ4v) is 16.8. The molecule has 9 heterocycles. The molecule has 3 atom stereocenters. The highest BCUT2D eigenvalue weighted by Crippen LogP contribution is 2.77. The van der Waals surface area contributed by atoms with E-state index in [1.807, 2.05) is 0 Å². The van der Waals surface area contributed by atoms with Gasteiger partial charge in [-0.3, -0.25) is 0 Å². The Morgan fingerprint density at radius 1 is 0.348 bits per heavy atom. The van der Waals surface area contributed by atoms with E-state index in [1.165, 1.54) is 134 Å². The molecule has 0 amide bonds. The van der Waals surface area contributed by atoms with E-state index in [2.05, 4.69) is 212 Å². The van der Waals surface area contributed by atoms with E-state index in [4.69, 9.17) is 0 Å². The van der Waals surface area contributed by atoms with Gasteiger partial charge in [-0.15, -0.1) is 0 Å². The second-order valence-electron chi connectivity index (χ2n) is 20.9. The smallest absolute Gasteiger partial charge is 0.234 e. The van der Waals surface area contributed by atoms with Crippen LogP contribution < -0.4 is 13.7 Å². The highest BCUT2D eigenvalue weighted by atomic mass is 15.2. The SMILES string of the molecule is [CH]1C=CN2CC[n+]3cccc4c3C2=C1C41c2ccccc2-c2c1c1c(c3c2C2(C4=C5c6c2ccc[n+]6CCN5C=C[CH]4)c2ccccc2-3)C2(C3=C4c5c2ccc[n+]5CCN4C=C[CH]3)c2ccccc2-1. The van der Waals surface area contributed by atoms with Crippen LogP contribution in [0, 0.1) is 19.3 Å². The summed E-state index contributed by atoms with van der Waals surface area (Å²) in [5.74, 6) is 0. The van der Waals surface area contributed by atoms with Crippen molar-refractivity contribution in [2.75, 3.05) is 19.6 Å². The van der Waals surface area contributed by atoms with Crippen LogP contribution in [0.2, 0.25) is 0 Å². The molecule has 6 heteroatoms. The van der Waals surface area contributed by atoms with Crippen LogP contribution in [0.25, 0.3) is 50.5 Å². The third-order valence-electron chi connectivity index (χ3n) is 18.7. The molecule has 0 saturated carbocycles. The molecule has 7 aromatic rings. The van der Waals surface area contributed by atoms with Crippen LogP contribution in [0.4, 0.5) is 0 Å². The average Bonchev–Trinajstić information content (AvgIpc) is 4.22. The average molecular weight is 883 g/mol. The zero-order valence-corrected chi connectivity index (χ0v) is 37.7. The van der Waals surface area contributed by atoms with Crippen LogP contribution in [0.5, 0.6) is 0 Å². The highest BCUT2D eigenvalue weighted by molar-refractivity contribution is 6.12. The summed E-state index contributed by atoms with van der Waals surface area (Å²) in [7, 11) is 0. The standard InChI is InChI=1S/C63H42N6/c1-4-16-40-37(13-1)49-52(61(40)43-19-7-25-64-31-32-65-26-8-20-44(61)56(65)55(43)64)50-39-15-3-6-18-42(39)63(47-23-11-29-68-35-36-69-30-12-24-48(63)60(69)59(47)68)54(50)51-38-14-2-5-17-41(38)62(53(49)51)45-21-9-27-66-33-34-67-28-10-22-46(62)58(67)57(45)66/h1-30H,31-36H2/q+3. The van der Waals surface area contributed by atoms with Gasteiger partial charge in [0.05, 0.1) is 35.9 Å². The molecule has 6 aliphatic heterocycles. The minimum atomic E-state index is -0.600. The first kappa shape index (κ1) is 35.3. The number of hydrogen-bond acceptors (Lipinski definition) is 3. The summed E-state index contributed by atoms with van der Waals surface area (Å²) in [6, 6.07) is 43.4. The Morgan fingerprint density at radius 2 is 0.652 bits per heavy atom. The van der Waals surface area contributed by atoms with E-state index in [1.54, 1.807) is 0 Å². The molecule has 19 rings (SSSR count). The fraction of sp³-hybridized carbons (Fsp3) is 0.143. The molecule has 3 unspecified atom stereocenters. The van der Waals surface area contributed by atoms with Gasteiger partial charge in [0.25, 0.3) is 0 Å². The van der Waals surface area contributed by atoms with Gasteiger partial charge < -0.3 is 14.7 Å². The van der Waals surface area contributed by atoms with Gasteiger partial charge in [-0.05, 0) is 102 Å². The van der Waals surface area contributed by atoms with E-state index >= 15 is 0 Å². The molecule has 0 saturated heterocycles. The summed E-state index contributed by atoms with van der Waals surface area (Å²) >= 11 is 0. The van der Waals surface area contributed by atoms with Gasteiger partial charge in [0.15, 0.2) is 38.2 Å². The van der Waals surface area contributed by atoms with Crippen molar-refractivity contribution in [3.8, 4) is 33.4 Å². The molecule has 0 N–H and O–H groups in total. The van der Waals surface area contributed by atoms with Crippen molar-refractivity contribution < 1.29 is 13.7 Å². The van der Waals surface area contributed by atoms with Gasteiger partial charge in [-0.25, -0.2) is 0 Å². The molecule has 3 aromatic heterocycles. The van der Waals surface area contributed by atoms with Gasteiger partial charge in [0.1, 0.15) is 17.1 Å². The van der Waals surface area contributed by atoms with Crippen molar-refractivity contribution in [2.45, 2.75) is 35.9 Å². The Bertz CT molecular complexity index is 3560. The number of hydrogen-bond donors (Lipinski definition) is 0. The van der Waals surface area contributed by atoms with Crippen LogP contribution >= 0.6 is 0 Å².